The van der Waals surface area contributed by atoms with Gasteiger partial charge in [-0.15, -0.1) is 12.4 Å². The van der Waals surface area contributed by atoms with Crippen LogP contribution < -0.4 is 10.5 Å². The Labute approximate surface area is 65.6 Å². The fraction of sp³-hybridized carbons (Fsp3) is 0.167. The topological polar surface area (TPSA) is 48.1 Å². The van der Waals surface area contributed by atoms with Crippen LogP contribution in [0.5, 0.6) is 5.75 Å². The molecule has 0 atom stereocenters. The van der Waals surface area contributed by atoms with Crippen molar-refractivity contribution >= 4 is 18.2 Å². The van der Waals surface area contributed by atoms with Crippen LogP contribution in [0.4, 0.5) is 5.82 Å². The third-order valence-electron chi connectivity index (χ3n) is 0.995. The summed E-state index contributed by atoms with van der Waals surface area (Å²) in [5.74, 6) is 1.24. The highest BCUT2D eigenvalue weighted by Crippen LogP contribution is 2.07. The first-order valence-electron chi connectivity index (χ1n) is 2.58. The number of hydrogen-bond acceptors (Lipinski definition) is 3. The Kier molecular flexibility index (Phi) is 3.57. The van der Waals surface area contributed by atoms with Gasteiger partial charge in [0.1, 0.15) is 11.6 Å². The van der Waals surface area contributed by atoms with E-state index < -0.39 is 0 Å². The van der Waals surface area contributed by atoms with Gasteiger partial charge in [-0.3, -0.25) is 0 Å². The molecule has 1 rings (SSSR count). The summed E-state index contributed by atoms with van der Waals surface area (Å²) < 4.78 is 4.85. The van der Waals surface area contributed by atoms with E-state index in [2.05, 4.69) is 4.98 Å². The minimum absolute atomic E-state index is 0. The normalized spacial score (nSPS) is 8.10. The van der Waals surface area contributed by atoms with E-state index >= 15 is 0 Å². The molecule has 4 heteroatoms. The standard InChI is InChI=1S/C6H8N2O.ClH/c1-9-5-2-3-6(7)8-4-5;/h2-4H,1H3,(H2,7,8);1H. The number of hydrogen-bond donors (Lipinski definition) is 1. The molecule has 10 heavy (non-hydrogen) atoms. The molecule has 0 bridgehead atoms. The Morgan fingerprint density at radius 3 is 2.60 bits per heavy atom. The third-order valence-corrected chi connectivity index (χ3v) is 0.995. The van der Waals surface area contributed by atoms with Crippen LogP contribution in [-0.4, -0.2) is 12.1 Å². The van der Waals surface area contributed by atoms with Gasteiger partial charge in [0.05, 0.1) is 13.3 Å². The molecular weight excluding hydrogens is 152 g/mol. The minimum atomic E-state index is 0. The zero-order chi connectivity index (χ0) is 6.69. The lowest BCUT2D eigenvalue weighted by Gasteiger charge is -1.96. The summed E-state index contributed by atoms with van der Waals surface area (Å²) in [6, 6.07) is 3.46. The Hall–Kier alpha value is -0.960. The number of nitrogens with two attached hydrogens (primary N) is 1. The zero-order valence-corrected chi connectivity index (χ0v) is 6.39. The summed E-state index contributed by atoms with van der Waals surface area (Å²) in [4.78, 5) is 3.80. The lowest BCUT2D eigenvalue weighted by Crippen LogP contribution is -1.89. The minimum Gasteiger partial charge on any atom is -0.495 e. The molecule has 2 N–H and O–H groups in total. The van der Waals surface area contributed by atoms with Crippen molar-refractivity contribution < 1.29 is 4.74 Å². The second-order valence-electron chi connectivity index (χ2n) is 1.62. The summed E-state index contributed by atoms with van der Waals surface area (Å²) in [7, 11) is 1.59. The van der Waals surface area contributed by atoms with Crippen LogP contribution in [0, 0.1) is 0 Å². The second kappa shape index (κ2) is 3.95. The van der Waals surface area contributed by atoms with E-state index in [1.54, 1.807) is 25.4 Å². The number of aromatic nitrogens is 1. The average Bonchev–Trinajstić information content (AvgIpc) is 1.90. The highest BCUT2D eigenvalue weighted by molar-refractivity contribution is 5.85. The number of nitrogen functional groups attached to an aromatic ring is 1. The molecule has 0 radical (unpaired) electrons. The first-order valence-corrected chi connectivity index (χ1v) is 2.58. The van der Waals surface area contributed by atoms with Crippen molar-refractivity contribution in [3.8, 4) is 5.75 Å². The van der Waals surface area contributed by atoms with Crippen LogP contribution in [0.25, 0.3) is 0 Å². The predicted molar refractivity (Wildman–Crippen MR) is 42.4 cm³/mol. The van der Waals surface area contributed by atoms with Crippen molar-refractivity contribution in [2.75, 3.05) is 12.8 Å². The molecule has 3 nitrogen and oxygen atoms in total. The van der Waals surface area contributed by atoms with Gasteiger partial charge >= 0.3 is 0 Å². The Morgan fingerprint density at radius 1 is 1.50 bits per heavy atom. The monoisotopic (exact) mass is 160 g/mol. The van der Waals surface area contributed by atoms with Gasteiger partial charge in [-0.05, 0) is 12.1 Å². The van der Waals surface area contributed by atoms with Gasteiger partial charge in [-0.1, -0.05) is 0 Å². The van der Waals surface area contributed by atoms with E-state index in [1.165, 1.54) is 0 Å². The highest BCUT2D eigenvalue weighted by atomic mass is 35.5. The smallest absolute Gasteiger partial charge is 0.137 e. The summed E-state index contributed by atoms with van der Waals surface area (Å²) in [6.07, 6.45) is 1.58. The average molecular weight is 161 g/mol. The summed E-state index contributed by atoms with van der Waals surface area (Å²) in [5.41, 5.74) is 5.31. The maximum atomic E-state index is 5.31. The first-order chi connectivity index (χ1) is 4.33. The Morgan fingerprint density at radius 2 is 2.20 bits per heavy atom. The van der Waals surface area contributed by atoms with Crippen molar-refractivity contribution in [1.82, 2.24) is 4.98 Å². The molecule has 0 aliphatic rings. The zero-order valence-electron chi connectivity index (χ0n) is 5.57. The molecule has 1 aromatic rings. The van der Waals surface area contributed by atoms with E-state index in [-0.39, 0.29) is 12.4 Å². The molecule has 0 unspecified atom stereocenters. The highest BCUT2D eigenvalue weighted by Gasteiger charge is 1.87. The summed E-state index contributed by atoms with van der Waals surface area (Å²) in [5, 5.41) is 0. The van der Waals surface area contributed by atoms with E-state index in [4.69, 9.17) is 10.5 Å². The van der Waals surface area contributed by atoms with E-state index in [0.29, 0.717) is 5.82 Å². The molecule has 1 aromatic heterocycles. The van der Waals surface area contributed by atoms with E-state index in [1.807, 2.05) is 0 Å². The molecular formula is C6H9ClN2O. The quantitative estimate of drug-likeness (QED) is 0.669. The first kappa shape index (κ1) is 9.04. The van der Waals surface area contributed by atoms with Gasteiger partial charge in [0.25, 0.3) is 0 Å². The summed E-state index contributed by atoms with van der Waals surface area (Å²) >= 11 is 0. The molecule has 0 aliphatic carbocycles. The van der Waals surface area contributed by atoms with Crippen LogP contribution in [0.1, 0.15) is 0 Å². The predicted octanol–water partition coefficient (Wildman–Crippen LogP) is 1.09. The molecule has 0 saturated heterocycles. The van der Waals surface area contributed by atoms with Gasteiger partial charge in [-0.2, -0.15) is 0 Å². The van der Waals surface area contributed by atoms with E-state index in [0.717, 1.165) is 5.75 Å². The van der Waals surface area contributed by atoms with Crippen LogP contribution >= 0.6 is 12.4 Å². The number of methoxy groups -OCH3 is 1. The van der Waals surface area contributed by atoms with E-state index in [9.17, 15) is 0 Å². The molecule has 0 spiro atoms. The largest absolute Gasteiger partial charge is 0.495 e. The number of ether oxygens (including phenoxy) is 1. The second-order valence-corrected chi connectivity index (χ2v) is 1.62. The van der Waals surface area contributed by atoms with Gasteiger partial charge in [0.15, 0.2) is 0 Å². The van der Waals surface area contributed by atoms with Crippen molar-refractivity contribution in [3.63, 3.8) is 0 Å². The number of rotatable bonds is 1. The maximum absolute atomic E-state index is 5.31. The molecule has 0 saturated carbocycles. The lowest BCUT2D eigenvalue weighted by molar-refractivity contribution is 0.413. The van der Waals surface area contributed by atoms with Crippen molar-refractivity contribution in [3.05, 3.63) is 18.3 Å². The van der Waals surface area contributed by atoms with Crippen LogP contribution in [0.2, 0.25) is 0 Å². The van der Waals surface area contributed by atoms with Crippen molar-refractivity contribution in [2.24, 2.45) is 0 Å². The molecule has 0 aliphatic heterocycles. The van der Waals surface area contributed by atoms with Crippen LogP contribution in [0.15, 0.2) is 18.3 Å². The molecule has 1 heterocycles. The lowest BCUT2D eigenvalue weighted by atomic mass is 10.4. The fourth-order valence-electron chi connectivity index (χ4n) is 0.512. The van der Waals surface area contributed by atoms with Crippen molar-refractivity contribution in [1.29, 1.82) is 0 Å². The molecule has 0 amide bonds. The number of anilines is 1. The third kappa shape index (κ3) is 2.11. The molecule has 0 aromatic carbocycles. The van der Waals surface area contributed by atoms with Gasteiger partial charge < -0.3 is 10.5 Å². The maximum Gasteiger partial charge on any atom is 0.137 e. The van der Waals surface area contributed by atoms with Gasteiger partial charge in [0, 0.05) is 0 Å². The van der Waals surface area contributed by atoms with Crippen LogP contribution in [-0.2, 0) is 0 Å². The Balaban J connectivity index is 0.000000810. The van der Waals surface area contributed by atoms with Crippen molar-refractivity contribution in [2.45, 2.75) is 0 Å². The Bertz CT molecular complexity index is 187. The SMILES string of the molecule is COc1ccc(N)nc1.Cl. The summed E-state index contributed by atoms with van der Waals surface area (Å²) in [6.45, 7) is 0. The number of halogens is 1. The van der Waals surface area contributed by atoms with Gasteiger partial charge in [0.2, 0.25) is 0 Å². The van der Waals surface area contributed by atoms with Gasteiger partial charge in [-0.25, -0.2) is 4.98 Å². The number of pyridine rings is 1. The molecule has 0 fully saturated rings. The molecule has 56 valence electrons. The fourth-order valence-corrected chi connectivity index (χ4v) is 0.512. The number of nitrogens with zero attached hydrogens (tertiary/aromatic N) is 1. The van der Waals surface area contributed by atoms with Crippen LogP contribution in [0.3, 0.4) is 0 Å².